The predicted molar refractivity (Wildman–Crippen MR) is 118 cm³/mol. The van der Waals surface area contributed by atoms with Crippen LogP contribution in [0.25, 0.3) is 15.3 Å². The van der Waals surface area contributed by atoms with Crippen LogP contribution in [0.15, 0.2) is 42.6 Å². The molecule has 2 aromatic heterocycles. The molecule has 0 aliphatic carbocycles. The van der Waals surface area contributed by atoms with E-state index in [2.05, 4.69) is 10.4 Å². The SMILES string of the molecule is COc1ccc(OC)c(C2CC(=O)Nc3c2cnn3-c2nc3ccc(OC)cc3s2)c1. The Bertz CT molecular complexity index is 1300. The van der Waals surface area contributed by atoms with Gasteiger partial charge < -0.3 is 19.5 Å². The second-order valence-electron chi connectivity index (χ2n) is 7.10. The minimum absolute atomic E-state index is 0.0908. The first-order chi connectivity index (χ1) is 15.1. The van der Waals surface area contributed by atoms with Crippen LogP contribution in [0, 0.1) is 0 Å². The van der Waals surface area contributed by atoms with E-state index in [1.165, 1.54) is 11.3 Å². The van der Waals surface area contributed by atoms with Crippen molar-refractivity contribution < 1.29 is 19.0 Å². The average Bonchev–Trinajstić information content (AvgIpc) is 3.41. The van der Waals surface area contributed by atoms with E-state index in [-0.39, 0.29) is 11.8 Å². The molecular formula is C22H20N4O4S. The molecule has 0 saturated heterocycles. The Hall–Kier alpha value is -3.59. The summed E-state index contributed by atoms with van der Waals surface area (Å²) in [6.45, 7) is 0. The fourth-order valence-corrected chi connectivity index (χ4v) is 4.82. The second kappa shape index (κ2) is 7.59. The number of fused-ring (bicyclic) bond motifs is 2. The number of nitrogens with one attached hydrogen (secondary N) is 1. The van der Waals surface area contributed by atoms with Crippen LogP contribution >= 0.6 is 11.3 Å². The molecule has 0 fully saturated rings. The number of methoxy groups -OCH3 is 3. The molecule has 1 unspecified atom stereocenters. The molecule has 31 heavy (non-hydrogen) atoms. The summed E-state index contributed by atoms with van der Waals surface area (Å²) in [6, 6.07) is 11.3. The van der Waals surface area contributed by atoms with Gasteiger partial charge in [-0.05, 0) is 36.4 Å². The molecule has 1 atom stereocenters. The summed E-state index contributed by atoms with van der Waals surface area (Å²) in [5.41, 5.74) is 2.63. The van der Waals surface area contributed by atoms with E-state index in [0.717, 1.165) is 27.1 Å². The number of benzene rings is 2. The number of anilines is 1. The molecule has 0 radical (unpaired) electrons. The number of amides is 1. The number of rotatable bonds is 5. The van der Waals surface area contributed by atoms with Crippen molar-refractivity contribution in [1.29, 1.82) is 0 Å². The lowest BCUT2D eigenvalue weighted by Gasteiger charge is -2.25. The van der Waals surface area contributed by atoms with Crippen molar-refractivity contribution in [2.24, 2.45) is 0 Å². The summed E-state index contributed by atoms with van der Waals surface area (Å²) in [5, 5.41) is 8.20. The zero-order valence-electron chi connectivity index (χ0n) is 17.2. The highest BCUT2D eigenvalue weighted by Gasteiger charge is 2.33. The molecule has 0 saturated carbocycles. The largest absolute Gasteiger partial charge is 0.497 e. The Kier molecular flexibility index (Phi) is 4.74. The first kappa shape index (κ1) is 19.4. The standard InChI is InChI=1S/C22H20N4O4S/c1-28-12-5-7-18(30-3)15(8-12)14-10-20(27)25-21-16(14)11-23-26(21)22-24-17-6-4-13(29-2)9-19(17)31-22/h4-9,11,14H,10H2,1-3H3,(H,25,27). The number of carbonyl (C=O) groups excluding carboxylic acids is 1. The lowest BCUT2D eigenvalue weighted by Crippen LogP contribution is -2.24. The molecule has 8 nitrogen and oxygen atoms in total. The number of hydrogen-bond donors (Lipinski definition) is 1. The van der Waals surface area contributed by atoms with Crippen LogP contribution < -0.4 is 19.5 Å². The second-order valence-corrected chi connectivity index (χ2v) is 8.11. The molecule has 158 valence electrons. The van der Waals surface area contributed by atoms with Crippen LogP contribution in [0.3, 0.4) is 0 Å². The van der Waals surface area contributed by atoms with Crippen molar-refractivity contribution in [1.82, 2.24) is 14.8 Å². The number of ether oxygens (including phenoxy) is 3. The summed E-state index contributed by atoms with van der Waals surface area (Å²) in [7, 11) is 4.87. The Morgan fingerprint density at radius 3 is 2.58 bits per heavy atom. The topological polar surface area (TPSA) is 87.5 Å². The van der Waals surface area contributed by atoms with Crippen LogP contribution in [-0.4, -0.2) is 42.0 Å². The van der Waals surface area contributed by atoms with Gasteiger partial charge in [0.25, 0.3) is 0 Å². The monoisotopic (exact) mass is 436 g/mol. The van der Waals surface area contributed by atoms with Crippen LogP contribution in [0.2, 0.25) is 0 Å². The third-order valence-corrected chi connectivity index (χ3v) is 6.39. The predicted octanol–water partition coefficient (Wildman–Crippen LogP) is 3.98. The normalized spacial score (nSPS) is 15.5. The first-order valence-corrected chi connectivity index (χ1v) is 10.5. The van der Waals surface area contributed by atoms with Gasteiger partial charge in [0.2, 0.25) is 11.0 Å². The van der Waals surface area contributed by atoms with Gasteiger partial charge in [0.05, 0.1) is 37.7 Å². The maximum atomic E-state index is 12.6. The molecule has 5 rings (SSSR count). The number of carbonyl (C=O) groups is 1. The zero-order valence-corrected chi connectivity index (χ0v) is 18.0. The van der Waals surface area contributed by atoms with Gasteiger partial charge in [-0.25, -0.2) is 4.98 Å². The van der Waals surface area contributed by atoms with Gasteiger partial charge in [-0.15, -0.1) is 0 Å². The maximum absolute atomic E-state index is 12.6. The molecule has 1 aliphatic heterocycles. The summed E-state index contributed by atoms with van der Waals surface area (Å²) >= 11 is 1.48. The van der Waals surface area contributed by atoms with Crippen molar-refractivity contribution in [3.63, 3.8) is 0 Å². The number of thiazole rings is 1. The van der Waals surface area contributed by atoms with Gasteiger partial charge in [0, 0.05) is 23.5 Å². The molecule has 4 aromatic rings. The first-order valence-electron chi connectivity index (χ1n) is 9.66. The Morgan fingerprint density at radius 1 is 1.03 bits per heavy atom. The lowest BCUT2D eigenvalue weighted by molar-refractivity contribution is -0.116. The van der Waals surface area contributed by atoms with Gasteiger partial charge in [0.15, 0.2) is 0 Å². The molecule has 1 amide bonds. The van der Waals surface area contributed by atoms with Gasteiger partial charge in [-0.1, -0.05) is 11.3 Å². The molecule has 0 bridgehead atoms. The fourth-order valence-electron chi connectivity index (χ4n) is 3.86. The average molecular weight is 436 g/mol. The maximum Gasteiger partial charge on any atom is 0.226 e. The smallest absolute Gasteiger partial charge is 0.226 e. The Labute approximate surface area is 182 Å². The van der Waals surface area contributed by atoms with Crippen molar-refractivity contribution >= 4 is 33.3 Å². The summed E-state index contributed by atoms with van der Waals surface area (Å²) in [5.74, 6) is 2.49. The molecule has 3 heterocycles. The lowest BCUT2D eigenvalue weighted by atomic mass is 9.86. The van der Waals surface area contributed by atoms with E-state index in [9.17, 15) is 4.79 Å². The third-order valence-electron chi connectivity index (χ3n) is 5.40. The van der Waals surface area contributed by atoms with Gasteiger partial charge in [-0.3, -0.25) is 4.79 Å². The van der Waals surface area contributed by atoms with E-state index in [1.807, 2.05) is 36.4 Å². The van der Waals surface area contributed by atoms with Crippen molar-refractivity contribution in [3.05, 3.63) is 53.7 Å². The van der Waals surface area contributed by atoms with E-state index < -0.39 is 0 Å². The molecule has 1 N–H and O–H groups in total. The highest BCUT2D eigenvalue weighted by Crippen LogP contribution is 2.43. The molecule has 1 aliphatic rings. The van der Waals surface area contributed by atoms with Crippen LogP contribution in [0.5, 0.6) is 17.2 Å². The molecular weight excluding hydrogens is 416 g/mol. The number of aromatic nitrogens is 3. The summed E-state index contributed by atoms with van der Waals surface area (Å²) < 4.78 is 18.9. The summed E-state index contributed by atoms with van der Waals surface area (Å²) in [6.07, 6.45) is 2.07. The van der Waals surface area contributed by atoms with Crippen LogP contribution in [-0.2, 0) is 4.79 Å². The quantitative estimate of drug-likeness (QED) is 0.509. The number of hydrogen-bond acceptors (Lipinski definition) is 7. The minimum Gasteiger partial charge on any atom is -0.497 e. The molecule has 9 heteroatoms. The zero-order chi connectivity index (χ0) is 21.5. The minimum atomic E-state index is -0.211. The van der Waals surface area contributed by atoms with E-state index >= 15 is 0 Å². The third kappa shape index (κ3) is 3.27. The van der Waals surface area contributed by atoms with Crippen LogP contribution in [0.4, 0.5) is 5.82 Å². The van der Waals surface area contributed by atoms with Crippen molar-refractivity contribution in [3.8, 4) is 22.4 Å². The highest BCUT2D eigenvalue weighted by atomic mass is 32.1. The fraction of sp³-hybridized carbons (Fsp3) is 0.227. The van der Waals surface area contributed by atoms with E-state index in [0.29, 0.717) is 28.9 Å². The molecule has 2 aromatic carbocycles. The van der Waals surface area contributed by atoms with Gasteiger partial charge in [-0.2, -0.15) is 9.78 Å². The summed E-state index contributed by atoms with van der Waals surface area (Å²) in [4.78, 5) is 17.3. The van der Waals surface area contributed by atoms with Crippen LogP contribution in [0.1, 0.15) is 23.5 Å². The molecule has 0 spiro atoms. The number of nitrogens with zero attached hydrogens (tertiary/aromatic N) is 3. The van der Waals surface area contributed by atoms with Crippen molar-refractivity contribution in [2.45, 2.75) is 12.3 Å². The van der Waals surface area contributed by atoms with E-state index in [1.54, 1.807) is 32.2 Å². The Balaban J connectivity index is 1.62. The van der Waals surface area contributed by atoms with Crippen molar-refractivity contribution in [2.75, 3.05) is 26.6 Å². The highest BCUT2D eigenvalue weighted by molar-refractivity contribution is 7.20. The van der Waals surface area contributed by atoms with Gasteiger partial charge in [0.1, 0.15) is 23.1 Å². The van der Waals surface area contributed by atoms with Gasteiger partial charge >= 0.3 is 0 Å². The van der Waals surface area contributed by atoms with E-state index in [4.69, 9.17) is 19.2 Å². The Morgan fingerprint density at radius 2 is 1.81 bits per heavy atom.